The monoisotopic (exact) mass is 421 g/mol. The number of rotatable bonds is 3. The topological polar surface area (TPSA) is 3.24 Å². The SMILES string of the molecule is C=C(C)c1c(C=CC)c(C)c2ccc3c4cc5ccccc5cc4[pH]c3c2c1N(C)C. The Balaban J connectivity index is 2.04. The lowest BCUT2D eigenvalue weighted by molar-refractivity contribution is 1.13. The Hall–Kier alpha value is -3.02. The van der Waals surface area contributed by atoms with E-state index >= 15 is 0 Å². The van der Waals surface area contributed by atoms with Gasteiger partial charge in [0.25, 0.3) is 0 Å². The zero-order valence-corrected chi connectivity index (χ0v) is 19.9. The third-order valence-electron chi connectivity index (χ3n) is 6.40. The average Bonchev–Trinajstić information content (AvgIpc) is 3.10. The molecule has 5 aromatic rings. The maximum Gasteiger partial charge on any atom is 0.0532 e. The molecule has 1 nitrogen and oxygen atoms in total. The first-order valence-electron chi connectivity index (χ1n) is 10.8. The Kier molecular flexibility index (Phi) is 4.68. The minimum absolute atomic E-state index is 0.667. The van der Waals surface area contributed by atoms with Crippen molar-refractivity contribution >= 4 is 68.1 Å². The van der Waals surface area contributed by atoms with Crippen molar-refractivity contribution in [2.75, 3.05) is 19.0 Å². The van der Waals surface area contributed by atoms with Crippen LogP contribution in [0.4, 0.5) is 5.69 Å². The molecule has 0 fully saturated rings. The summed E-state index contributed by atoms with van der Waals surface area (Å²) in [6.07, 6.45) is 4.37. The van der Waals surface area contributed by atoms with E-state index in [-0.39, 0.29) is 0 Å². The van der Waals surface area contributed by atoms with Crippen LogP contribution in [0.1, 0.15) is 30.5 Å². The molecule has 1 heterocycles. The molecule has 0 spiro atoms. The Labute approximate surface area is 185 Å². The molecule has 0 saturated heterocycles. The van der Waals surface area contributed by atoms with Gasteiger partial charge in [0.2, 0.25) is 0 Å². The molecule has 0 bridgehead atoms. The third-order valence-corrected chi connectivity index (χ3v) is 7.85. The van der Waals surface area contributed by atoms with E-state index in [1.165, 1.54) is 64.9 Å². The van der Waals surface area contributed by atoms with Crippen molar-refractivity contribution in [3.05, 3.63) is 77.9 Å². The zero-order chi connectivity index (χ0) is 21.9. The van der Waals surface area contributed by atoms with Crippen LogP contribution in [0.2, 0.25) is 0 Å². The minimum atomic E-state index is 0.667. The largest absolute Gasteiger partial charge is 0.377 e. The van der Waals surface area contributed by atoms with Gasteiger partial charge in [-0.3, -0.25) is 0 Å². The molecular weight excluding hydrogens is 393 g/mol. The fraction of sp³-hybridized carbons (Fsp3) is 0.172. The van der Waals surface area contributed by atoms with Crippen LogP contribution in [0.5, 0.6) is 0 Å². The predicted molar refractivity (Wildman–Crippen MR) is 144 cm³/mol. The van der Waals surface area contributed by atoms with Crippen molar-refractivity contribution in [1.29, 1.82) is 0 Å². The highest BCUT2D eigenvalue weighted by molar-refractivity contribution is 7.44. The number of allylic oxidation sites excluding steroid dienone is 2. The summed E-state index contributed by atoms with van der Waals surface area (Å²) in [6, 6.07) is 18.1. The van der Waals surface area contributed by atoms with Gasteiger partial charge in [-0.15, -0.1) is 8.19 Å². The number of hydrogen-bond donors (Lipinski definition) is 0. The minimum Gasteiger partial charge on any atom is -0.377 e. The Morgan fingerprint density at radius 2 is 1.65 bits per heavy atom. The van der Waals surface area contributed by atoms with E-state index in [9.17, 15) is 0 Å². The summed E-state index contributed by atoms with van der Waals surface area (Å²) in [4.78, 5) is 2.28. The molecule has 154 valence electrons. The first-order chi connectivity index (χ1) is 14.9. The van der Waals surface area contributed by atoms with E-state index in [1.807, 2.05) is 0 Å². The van der Waals surface area contributed by atoms with Crippen LogP contribution in [0.15, 0.2) is 61.2 Å². The molecule has 1 unspecified atom stereocenters. The maximum absolute atomic E-state index is 4.37. The van der Waals surface area contributed by atoms with Gasteiger partial charge in [0.15, 0.2) is 0 Å². The predicted octanol–water partition coefficient (Wildman–Crippen LogP) is 8.77. The number of nitrogens with zero attached hydrogens (tertiary/aromatic N) is 1. The molecule has 2 heteroatoms. The van der Waals surface area contributed by atoms with Crippen molar-refractivity contribution in [3.8, 4) is 0 Å². The molecule has 0 radical (unpaired) electrons. The standard InChI is InChI=1S/C29H28NP/c1-7-10-21-18(4)22-13-14-23-24-15-19-11-8-9-12-20(19)16-25(24)31-29(23)27(22)28(30(5)6)26(21)17(2)3/h7-16,31H,2H2,1,3-6H3. The molecule has 31 heavy (non-hydrogen) atoms. The van der Waals surface area contributed by atoms with Crippen LogP contribution in [0, 0.1) is 6.92 Å². The summed E-state index contributed by atoms with van der Waals surface area (Å²) in [5.74, 6) is 0. The van der Waals surface area contributed by atoms with Crippen LogP contribution in [0.3, 0.4) is 0 Å². The summed E-state index contributed by atoms with van der Waals surface area (Å²) in [5.41, 5.74) is 6.31. The van der Waals surface area contributed by atoms with Gasteiger partial charge in [0, 0.05) is 35.3 Å². The van der Waals surface area contributed by atoms with E-state index in [4.69, 9.17) is 0 Å². The molecule has 1 atom stereocenters. The van der Waals surface area contributed by atoms with Crippen LogP contribution >= 0.6 is 8.19 Å². The van der Waals surface area contributed by atoms with Gasteiger partial charge in [-0.05, 0) is 76.5 Å². The van der Waals surface area contributed by atoms with Crippen molar-refractivity contribution in [2.24, 2.45) is 0 Å². The Morgan fingerprint density at radius 3 is 2.29 bits per heavy atom. The lowest BCUT2D eigenvalue weighted by atomic mass is 9.88. The number of anilines is 1. The van der Waals surface area contributed by atoms with Gasteiger partial charge in [-0.2, -0.15) is 0 Å². The normalized spacial score (nSPS) is 12.3. The third kappa shape index (κ3) is 2.92. The molecule has 0 N–H and O–H groups in total. The molecule has 5 rings (SSSR count). The lowest BCUT2D eigenvalue weighted by Crippen LogP contribution is -2.13. The number of hydrogen-bond acceptors (Lipinski definition) is 1. The van der Waals surface area contributed by atoms with Gasteiger partial charge in [-0.1, -0.05) is 55.1 Å². The van der Waals surface area contributed by atoms with Crippen LogP contribution < -0.4 is 4.90 Å². The highest BCUT2D eigenvalue weighted by atomic mass is 31.0. The smallest absolute Gasteiger partial charge is 0.0532 e. The average molecular weight is 422 g/mol. The van der Waals surface area contributed by atoms with E-state index in [2.05, 4.69) is 107 Å². The second-order valence-corrected chi connectivity index (χ2v) is 10.0. The van der Waals surface area contributed by atoms with Gasteiger partial charge in [0.05, 0.1) is 5.69 Å². The van der Waals surface area contributed by atoms with Crippen LogP contribution in [-0.2, 0) is 0 Å². The highest BCUT2D eigenvalue weighted by Gasteiger charge is 2.21. The Morgan fingerprint density at radius 1 is 0.968 bits per heavy atom. The number of aryl methyl sites for hydroxylation is 1. The lowest BCUT2D eigenvalue weighted by Gasteiger charge is -2.25. The van der Waals surface area contributed by atoms with Gasteiger partial charge in [-0.25, -0.2) is 0 Å². The molecule has 4 aromatic carbocycles. The highest BCUT2D eigenvalue weighted by Crippen LogP contribution is 2.49. The first-order valence-corrected chi connectivity index (χ1v) is 11.8. The van der Waals surface area contributed by atoms with E-state index in [1.54, 1.807) is 0 Å². The molecule has 0 aliphatic heterocycles. The summed E-state index contributed by atoms with van der Waals surface area (Å²) in [6.45, 7) is 10.9. The van der Waals surface area contributed by atoms with Crippen molar-refractivity contribution in [3.63, 3.8) is 0 Å². The zero-order valence-electron chi connectivity index (χ0n) is 18.9. The van der Waals surface area contributed by atoms with Crippen LogP contribution in [0.25, 0.3) is 54.2 Å². The second-order valence-electron chi connectivity index (χ2n) is 8.72. The summed E-state index contributed by atoms with van der Waals surface area (Å²) < 4.78 is 0. The second kappa shape index (κ2) is 7.29. The van der Waals surface area contributed by atoms with Gasteiger partial charge < -0.3 is 4.90 Å². The van der Waals surface area contributed by atoms with E-state index < -0.39 is 0 Å². The fourth-order valence-corrected chi connectivity index (χ4v) is 6.63. The summed E-state index contributed by atoms with van der Waals surface area (Å²) >= 11 is 0. The van der Waals surface area contributed by atoms with E-state index in [0.29, 0.717) is 8.19 Å². The van der Waals surface area contributed by atoms with Crippen molar-refractivity contribution in [2.45, 2.75) is 20.8 Å². The first kappa shape index (κ1) is 19.9. The quantitative estimate of drug-likeness (QED) is 0.281. The molecule has 1 aromatic heterocycles. The molecule has 0 amide bonds. The van der Waals surface area contributed by atoms with E-state index in [0.717, 1.165) is 5.57 Å². The molecule has 0 aliphatic carbocycles. The van der Waals surface area contributed by atoms with Gasteiger partial charge in [0.1, 0.15) is 0 Å². The molecule has 0 saturated carbocycles. The van der Waals surface area contributed by atoms with Crippen LogP contribution in [-0.4, -0.2) is 14.1 Å². The molecule has 0 aliphatic rings. The Bertz CT molecular complexity index is 1550. The maximum atomic E-state index is 4.37. The van der Waals surface area contributed by atoms with Gasteiger partial charge >= 0.3 is 0 Å². The fourth-order valence-electron chi connectivity index (χ4n) is 5.06. The number of fused-ring (bicyclic) bond motifs is 6. The van der Waals surface area contributed by atoms with Crippen molar-refractivity contribution in [1.82, 2.24) is 0 Å². The van der Waals surface area contributed by atoms with Crippen molar-refractivity contribution < 1.29 is 0 Å². The summed E-state index contributed by atoms with van der Waals surface area (Å²) in [5, 5.41) is 11.1. The number of benzene rings is 4. The molecular formula is C29H28NP. The summed E-state index contributed by atoms with van der Waals surface area (Å²) in [7, 11) is 4.99.